The molecule has 0 heterocycles. The Labute approximate surface area is 119 Å². The summed E-state index contributed by atoms with van der Waals surface area (Å²) >= 11 is 0. The molecule has 3 heteroatoms. The fourth-order valence-electron chi connectivity index (χ4n) is 2.20. The van der Waals surface area contributed by atoms with Crippen molar-refractivity contribution in [3.8, 4) is 11.1 Å². The van der Waals surface area contributed by atoms with Gasteiger partial charge in [-0.25, -0.2) is 0 Å². The van der Waals surface area contributed by atoms with E-state index >= 15 is 0 Å². The SMILES string of the molecule is Cc1cc(-c2ccc(C(C)(C)C)cc2)cc([N+](=O)[O-])c1. The zero-order valence-corrected chi connectivity index (χ0v) is 12.3. The van der Waals surface area contributed by atoms with Crippen LogP contribution in [0.3, 0.4) is 0 Å². The summed E-state index contributed by atoms with van der Waals surface area (Å²) in [5, 5.41) is 10.9. The molecule has 0 atom stereocenters. The van der Waals surface area contributed by atoms with Gasteiger partial charge in [0.25, 0.3) is 5.69 Å². The van der Waals surface area contributed by atoms with Crippen molar-refractivity contribution in [1.29, 1.82) is 0 Å². The lowest BCUT2D eigenvalue weighted by Gasteiger charge is -2.19. The Morgan fingerprint density at radius 1 is 0.950 bits per heavy atom. The lowest BCUT2D eigenvalue weighted by atomic mass is 9.86. The van der Waals surface area contributed by atoms with Gasteiger partial charge in [-0.15, -0.1) is 0 Å². The molecule has 2 aromatic carbocycles. The number of nitro groups is 1. The van der Waals surface area contributed by atoms with Crippen LogP contribution in [0, 0.1) is 17.0 Å². The minimum atomic E-state index is -0.347. The summed E-state index contributed by atoms with van der Waals surface area (Å²) < 4.78 is 0. The van der Waals surface area contributed by atoms with Crippen LogP contribution in [-0.2, 0) is 5.41 Å². The van der Waals surface area contributed by atoms with Gasteiger partial charge in [0, 0.05) is 12.1 Å². The van der Waals surface area contributed by atoms with Gasteiger partial charge in [-0.3, -0.25) is 10.1 Å². The molecule has 0 radical (unpaired) electrons. The molecule has 0 aliphatic heterocycles. The molecular weight excluding hydrogens is 250 g/mol. The van der Waals surface area contributed by atoms with E-state index in [4.69, 9.17) is 0 Å². The Bertz CT molecular complexity index is 637. The van der Waals surface area contributed by atoms with Gasteiger partial charge in [0.1, 0.15) is 0 Å². The molecule has 0 aliphatic rings. The number of hydrogen-bond acceptors (Lipinski definition) is 2. The molecule has 0 amide bonds. The minimum Gasteiger partial charge on any atom is -0.258 e. The summed E-state index contributed by atoms with van der Waals surface area (Å²) in [6.07, 6.45) is 0. The zero-order valence-electron chi connectivity index (χ0n) is 12.3. The van der Waals surface area contributed by atoms with Crippen LogP contribution >= 0.6 is 0 Å². The number of benzene rings is 2. The highest BCUT2D eigenvalue weighted by Gasteiger charge is 2.14. The van der Waals surface area contributed by atoms with Gasteiger partial charge < -0.3 is 0 Å². The Kier molecular flexibility index (Phi) is 3.62. The Hall–Kier alpha value is -2.16. The van der Waals surface area contributed by atoms with E-state index in [0.717, 1.165) is 16.7 Å². The number of rotatable bonds is 2. The number of non-ortho nitro benzene ring substituents is 1. The van der Waals surface area contributed by atoms with E-state index in [2.05, 4.69) is 32.9 Å². The van der Waals surface area contributed by atoms with Crippen molar-refractivity contribution in [3.63, 3.8) is 0 Å². The van der Waals surface area contributed by atoms with E-state index in [1.165, 1.54) is 5.56 Å². The average Bonchev–Trinajstić information content (AvgIpc) is 2.37. The third kappa shape index (κ3) is 3.05. The van der Waals surface area contributed by atoms with E-state index in [0.29, 0.717) is 0 Å². The maximum atomic E-state index is 10.9. The van der Waals surface area contributed by atoms with Crippen LogP contribution in [0.4, 0.5) is 5.69 Å². The van der Waals surface area contributed by atoms with Crippen molar-refractivity contribution in [1.82, 2.24) is 0 Å². The number of hydrogen-bond donors (Lipinski definition) is 0. The number of nitro benzene ring substituents is 1. The number of aryl methyl sites for hydroxylation is 1. The van der Waals surface area contributed by atoms with Crippen LogP contribution in [0.1, 0.15) is 31.9 Å². The van der Waals surface area contributed by atoms with Gasteiger partial charge in [-0.05, 0) is 34.6 Å². The molecule has 2 rings (SSSR count). The second-order valence-corrected chi connectivity index (χ2v) is 6.14. The second kappa shape index (κ2) is 5.08. The molecule has 0 aromatic heterocycles. The summed E-state index contributed by atoms with van der Waals surface area (Å²) in [6.45, 7) is 8.37. The fourth-order valence-corrected chi connectivity index (χ4v) is 2.20. The van der Waals surface area contributed by atoms with Crippen molar-refractivity contribution in [3.05, 3.63) is 63.7 Å². The molecule has 104 valence electrons. The lowest BCUT2D eigenvalue weighted by Crippen LogP contribution is -2.10. The highest BCUT2D eigenvalue weighted by atomic mass is 16.6. The standard InChI is InChI=1S/C17H19NO2/c1-12-9-14(11-16(10-12)18(19)20)13-5-7-15(8-6-13)17(2,3)4/h5-11H,1-4H3. The summed E-state index contributed by atoms with van der Waals surface area (Å²) in [5.74, 6) is 0. The first-order chi connectivity index (χ1) is 9.27. The molecule has 3 nitrogen and oxygen atoms in total. The average molecular weight is 269 g/mol. The predicted octanol–water partition coefficient (Wildman–Crippen LogP) is 4.87. The van der Waals surface area contributed by atoms with Gasteiger partial charge in [-0.2, -0.15) is 0 Å². The third-order valence-electron chi connectivity index (χ3n) is 3.36. The van der Waals surface area contributed by atoms with Crippen molar-refractivity contribution < 1.29 is 4.92 Å². The van der Waals surface area contributed by atoms with Crippen LogP contribution in [0.15, 0.2) is 42.5 Å². The Morgan fingerprint density at radius 2 is 1.55 bits per heavy atom. The summed E-state index contributed by atoms with van der Waals surface area (Å²) in [4.78, 5) is 10.6. The van der Waals surface area contributed by atoms with Gasteiger partial charge in [0.15, 0.2) is 0 Å². The van der Waals surface area contributed by atoms with E-state index in [1.54, 1.807) is 12.1 Å². The van der Waals surface area contributed by atoms with Crippen LogP contribution in [0.2, 0.25) is 0 Å². The minimum absolute atomic E-state index is 0.108. The highest BCUT2D eigenvalue weighted by Crippen LogP contribution is 2.28. The smallest absolute Gasteiger partial charge is 0.258 e. The van der Waals surface area contributed by atoms with Gasteiger partial charge >= 0.3 is 0 Å². The molecule has 0 aliphatic carbocycles. The first kappa shape index (κ1) is 14.3. The third-order valence-corrected chi connectivity index (χ3v) is 3.36. The van der Waals surface area contributed by atoms with Crippen LogP contribution < -0.4 is 0 Å². The molecular formula is C17H19NO2. The highest BCUT2D eigenvalue weighted by molar-refractivity contribution is 5.67. The molecule has 0 unspecified atom stereocenters. The second-order valence-electron chi connectivity index (χ2n) is 6.14. The van der Waals surface area contributed by atoms with Gasteiger partial charge in [-0.1, -0.05) is 51.1 Å². The molecule has 0 saturated carbocycles. The zero-order chi connectivity index (χ0) is 14.9. The van der Waals surface area contributed by atoms with Crippen molar-refractivity contribution in [2.45, 2.75) is 33.1 Å². The Morgan fingerprint density at radius 3 is 2.05 bits per heavy atom. The summed E-state index contributed by atoms with van der Waals surface area (Å²) in [7, 11) is 0. The maximum absolute atomic E-state index is 10.9. The maximum Gasteiger partial charge on any atom is 0.270 e. The van der Waals surface area contributed by atoms with Crippen molar-refractivity contribution in [2.75, 3.05) is 0 Å². The van der Waals surface area contributed by atoms with E-state index in [9.17, 15) is 10.1 Å². The Balaban J connectivity index is 2.44. The first-order valence-corrected chi connectivity index (χ1v) is 6.64. The van der Waals surface area contributed by atoms with E-state index in [1.807, 2.05) is 25.1 Å². The van der Waals surface area contributed by atoms with Gasteiger partial charge in [0.2, 0.25) is 0 Å². The predicted molar refractivity (Wildman–Crippen MR) is 82.0 cm³/mol. The molecule has 2 aromatic rings. The molecule has 0 fully saturated rings. The van der Waals surface area contributed by atoms with Gasteiger partial charge in [0.05, 0.1) is 4.92 Å². The molecule has 0 bridgehead atoms. The lowest BCUT2D eigenvalue weighted by molar-refractivity contribution is -0.384. The molecule has 0 N–H and O–H groups in total. The van der Waals surface area contributed by atoms with Crippen molar-refractivity contribution >= 4 is 5.69 Å². The number of nitrogens with zero attached hydrogens (tertiary/aromatic N) is 1. The van der Waals surface area contributed by atoms with Crippen molar-refractivity contribution in [2.24, 2.45) is 0 Å². The molecule has 0 spiro atoms. The van der Waals surface area contributed by atoms with Crippen LogP contribution in [-0.4, -0.2) is 4.92 Å². The van der Waals surface area contributed by atoms with E-state index in [-0.39, 0.29) is 16.0 Å². The molecule has 20 heavy (non-hydrogen) atoms. The van der Waals surface area contributed by atoms with E-state index < -0.39 is 0 Å². The summed E-state index contributed by atoms with van der Waals surface area (Å²) in [5.41, 5.74) is 4.29. The normalized spacial score (nSPS) is 11.4. The largest absolute Gasteiger partial charge is 0.270 e. The topological polar surface area (TPSA) is 43.1 Å². The molecule has 0 saturated heterocycles. The monoisotopic (exact) mass is 269 g/mol. The van der Waals surface area contributed by atoms with Crippen LogP contribution in [0.25, 0.3) is 11.1 Å². The quantitative estimate of drug-likeness (QED) is 0.576. The van der Waals surface area contributed by atoms with Crippen LogP contribution in [0.5, 0.6) is 0 Å². The fraction of sp³-hybridized carbons (Fsp3) is 0.294. The first-order valence-electron chi connectivity index (χ1n) is 6.64. The summed E-state index contributed by atoms with van der Waals surface area (Å²) in [6, 6.07) is 13.4.